The van der Waals surface area contributed by atoms with Crippen molar-refractivity contribution < 1.29 is 18.0 Å². The van der Waals surface area contributed by atoms with Crippen LogP contribution < -0.4 is 5.32 Å². The molecule has 0 unspecified atom stereocenters. The first-order valence-electron chi connectivity index (χ1n) is 4.44. The Bertz CT molecular complexity index is 248. The monoisotopic (exact) mass is 241 g/mol. The van der Waals surface area contributed by atoms with Gasteiger partial charge in [-0.1, -0.05) is 19.9 Å². The number of carbonyl (C=O) groups excluding carboxylic acids is 1. The number of hydrogen-bond donors (Lipinski definition) is 1. The maximum Gasteiger partial charge on any atom is 0.405 e. The molecule has 2 nitrogen and oxygen atoms in total. The van der Waals surface area contributed by atoms with E-state index in [1.165, 1.54) is 17.8 Å². The van der Waals surface area contributed by atoms with E-state index in [1.807, 2.05) is 19.2 Å². The van der Waals surface area contributed by atoms with Gasteiger partial charge < -0.3 is 5.32 Å². The van der Waals surface area contributed by atoms with Gasteiger partial charge in [-0.3, -0.25) is 4.79 Å². The quantitative estimate of drug-likeness (QED) is 0.767. The van der Waals surface area contributed by atoms with Gasteiger partial charge in [-0.15, -0.1) is 11.8 Å². The van der Waals surface area contributed by atoms with Gasteiger partial charge in [-0.2, -0.15) is 13.2 Å². The minimum Gasteiger partial charge on any atom is -0.342 e. The first kappa shape index (κ1) is 14.3. The number of alkyl halides is 3. The molecule has 0 bridgehead atoms. The van der Waals surface area contributed by atoms with E-state index in [0.717, 1.165) is 0 Å². The Kier molecular flexibility index (Phi) is 5.79. The highest BCUT2D eigenvalue weighted by Crippen LogP contribution is 2.21. The van der Waals surface area contributed by atoms with Crippen LogP contribution in [0.2, 0.25) is 0 Å². The number of allylic oxidation sites excluding steroid dienone is 1. The lowest BCUT2D eigenvalue weighted by atomic mass is 10.4. The molecule has 0 aliphatic heterocycles. The van der Waals surface area contributed by atoms with Gasteiger partial charge in [0.1, 0.15) is 6.54 Å². The van der Waals surface area contributed by atoms with Crippen LogP contribution in [0.4, 0.5) is 13.2 Å². The standard InChI is InChI=1S/C9H14F3NOS/c1-4-7(15-6(2)3)8(14)13-5-9(10,11)12/h4,6H,5H2,1-3H3,(H,13,14)/b7-4-. The summed E-state index contributed by atoms with van der Waals surface area (Å²) in [7, 11) is 0. The van der Waals surface area contributed by atoms with Crippen LogP contribution in [0.3, 0.4) is 0 Å². The van der Waals surface area contributed by atoms with E-state index < -0.39 is 18.6 Å². The van der Waals surface area contributed by atoms with E-state index in [9.17, 15) is 18.0 Å². The summed E-state index contributed by atoms with van der Waals surface area (Å²) < 4.78 is 35.4. The van der Waals surface area contributed by atoms with E-state index in [2.05, 4.69) is 0 Å². The number of hydrogen-bond acceptors (Lipinski definition) is 2. The highest BCUT2D eigenvalue weighted by Gasteiger charge is 2.28. The molecule has 0 saturated heterocycles. The Morgan fingerprint density at radius 3 is 2.33 bits per heavy atom. The zero-order valence-corrected chi connectivity index (χ0v) is 9.63. The average molecular weight is 241 g/mol. The van der Waals surface area contributed by atoms with Crippen molar-refractivity contribution in [3.8, 4) is 0 Å². The van der Waals surface area contributed by atoms with Gasteiger partial charge in [0.25, 0.3) is 5.91 Å². The summed E-state index contributed by atoms with van der Waals surface area (Å²) in [6, 6.07) is 0. The maximum atomic E-state index is 11.8. The highest BCUT2D eigenvalue weighted by molar-refractivity contribution is 8.04. The molecule has 0 spiro atoms. The van der Waals surface area contributed by atoms with Crippen molar-refractivity contribution >= 4 is 17.7 Å². The molecule has 0 aromatic heterocycles. The predicted octanol–water partition coefficient (Wildman–Crippen LogP) is 2.71. The summed E-state index contributed by atoms with van der Waals surface area (Å²) in [5, 5.41) is 1.99. The Morgan fingerprint density at radius 2 is 2.00 bits per heavy atom. The smallest absolute Gasteiger partial charge is 0.342 e. The van der Waals surface area contributed by atoms with Crippen LogP contribution in [0.25, 0.3) is 0 Å². The first-order valence-corrected chi connectivity index (χ1v) is 5.32. The Balaban J connectivity index is 4.19. The van der Waals surface area contributed by atoms with Crippen molar-refractivity contribution in [3.63, 3.8) is 0 Å². The van der Waals surface area contributed by atoms with Crippen molar-refractivity contribution in [2.75, 3.05) is 6.54 Å². The SMILES string of the molecule is C/C=C(\SC(C)C)C(=O)NCC(F)(F)F. The second-order valence-electron chi connectivity index (χ2n) is 3.12. The average Bonchev–Trinajstić information content (AvgIpc) is 2.08. The molecular formula is C9H14F3NOS. The maximum absolute atomic E-state index is 11.8. The largest absolute Gasteiger partial charge is 0.405 e. The van der Waals surface area contributed by atoms with E-state index in [0.29, 0.717) is 4.91 Å². The summed E-state index contributed by atoms with van der Waals surface area (Å²) in [5.74, 6) is -0.673. The minimum absolute atomic E-state index is 0.160. The van der Waals surface area contributed by atoms with E-state index in [1.54, 1.807) is 6.92 Å². The second kappa shape index (κ2) is 6.05. The number of amides is 1. The number of nitrogens with one attached hydrogen (secondary N) is 1. The van der Waals surface area contributed by atoms with Gasteiger partial charge in [0.2, 0.25) is 0 Å². The van der Waals surface area contributed by atoms with Crippen molar-refractivity contribution in [2.24, 2.45) is 0 Å². The Labute approximate surface area is 91.3 Å². The number of rotatable bonds is 4. The zero-order valence-electron chi connectivity index (χ0n) is 8.81. The molecule has 6 heteroatoms. The fraction of sp³-hybridized carbons (Fsp3) is 0.667. The van der Waals surface area contributed by atoms with Gasteiger partial charge in [-0.25, -0.2) is 0 Å². The number of carbonyl (C=O) groups is 1. The molecule has 0 saturated carbocycles. The lowest BCUT2D eigenvalue weighted by Gasteiger charge is -2.11. The Morgan fingerprint density at radius 1 is 1.47 bits per heavy atom. The van der Waals surface area contributed by atoms with Crippen molar-refractivity contribution in [1.82, 2.24) is 5.32 Å². The molecule has 0 aromatic carbocycles. The van der Waals surface area contributed by atoms with Gasteiger partial charge in [-0.05, 0) is 6.92 Å². The summed E-state index contributed by atoms with van der Waals surface area (Å²) in [5.41, 5.74) is 0. The summed E-state index contributed by atoms with van der Waals surface area (Å²) in [4.78, 5) is 11.6. The molecule has 88 valence electrons. The molecule has 0 radical (unpaired) electrons. The fourth-order valence-electron chi connectivity index (χ4n) is 0.774. The van der Waals surface area contributed by atoms with Crippen molar-refractivity contribution in [2.45, 2.75) is 32.2 Å². The molecule has 0 aromatic rings. The van der Waals surface area contributed by atoms with E-state index >= 15 is 0 Å². The topological polar surface area (TPSA) is 29.1 Å². The minimum atomic E-state index is -4.36. The van der Waals surface area contributed by atoms with Crippen LogP contribution in [0.15, 0.2) is 11.0 Å². The molecule has 0 aliphatic carbocycles. The van der Waals surface area contributed by atoms with E-state index in [4.69, 9.17) is 0 Å². The lowest BCUT2D eigenvalue weighted by Crippen LogP contribution is -2.34. The van der Waals surface area contributed by atoms with Gasteiger partial charge in [0, 0.05) is 5.25 Å². The van der Waals surface area contributed by atoms with Crippen LogP contribution in [0, 0.1) is 0 Å². The molecule has 0 rings (SSSR count). The normalized spacial score (nSPS) is 13.1. The molecular weight excluding hydrogens is 227 g/mol. The molecule has 1 amide bonds. The van der Waals surface area contributed by atoms with Crippen molar-refractivity contribution in [1.29, 1.82) is 0 Å². The third kappa shape index (κ3) is 7.30. The lowest BCUT2D eigenvalue weighted by molar-refractivity contribution is -0.135. The van der Waals surface area contributed by atoms with Crippen LogP contribution in [0.5, 0.6) is 0 Å². The second-order valence-corrected chi connectivity index (χ2v) is 4.74. The van der Waals surface area contributed by atoms with Crippen LogP contribution >= 0.6 is 11.8 Å². The van der Waals surface area contributed by atoms with E-state index in [-0.39, 0.29) is 5.25 Å². The molecule has 1 N–H and O–H groups in total. The van der Waals surface area contributed by atoms with Gasteiger partial charge in [0.15, 0.2) is 0 Å². The fourth-order valence-corrected chi connectivity index (χ4v) is 1.60. The molecule has 0 atom stereocenters. The Hall–Kier alpha value is -0.650. The molecule has 0 fully saturated rings. The molecule has 0 aliphatic rings. The first-order chi connectivity index (χ1) is 6.76. The van der Waals surface area contributed by atoms with Crippen LogP contribution in [0.1, 0.15) is 20.8 Å². The van der Waals surface area contributed by atoms with Gasteiger partial charge >= 0.3 is 6.18 Å². The number of halogens is 3. The van der Waals surface area contributed by atoms with Crippen molar-refractivity contribution in [3.05, 3.63) is 11.0 Å². The third-order valence-electron chi connectivity index (χ3n) is 1.30. The molecule has 15 heavy (non-hydrogen) atoms. The number of thioether (sulfide) groups is 1. The summed E-state index contributed by atoms with van der Waals surface area (Å²) >= 11 is 1.24. The third-order valence-corrected chi connectivity index (χ3v) is 2.44. The summed E-state index contributed by atoms with van der Waals surface area (Å²) in [6.07, 6.45) is -2.85. The highest BCUT2D eigenvalue weighted by atomic mass is 32.2. The predicted molar refractivity (Wildman–Crippen MR) is 55.5 cm³/mol. The van der Waals surface area contributed by atoms with Crippen LogP contribution in [-0.4, -0.2) is 23.9 Å². The van der Waals surface area contributed by atoms with Gasteiger partial charge in [0.05, 0.1) is 4.91 Å². The van der Waals surface area contributed by atoms with Crippen LogP contribution in [-0.2, 0) is 4.79 Å². The molecule has 0 heterocycles. The summed E-state index contributed by atoms with van der Waals surface area (Å²) in [6.45, 7) is 4.07. The zero-order chi connectivity index (χ0) is 12.1.